The van der Waals surface area contributed by atoms with E-state index >= 15 is 0 Å². The van der Waals surface area contributed by atoms with Crippen LogP contribution in [0.5, 0.6) is 0 Å². The molecule has 0 heterocycles. The normalized spacial score (nSPS) is 11.2. The lowest BCUT2D eigenvalue weighted by atomic mass is 9.97. The summed E-state index contributed by atoms with van der Waals surface area (Å²) < 4.78 is 0. The molecule has 0 bridgehead atoms. The molecule has 0 saturated carbocycles. The quantitative estimate of drug-likeness (QED) is 0.482. The van der Waals surface area contributed by atoms with Gasteiger partial charge < -0.3 is 5.11 Å². The Hall–Kier alpha value is -3.11. The molecule has 0 radical (unpaired) electrons. The molecular weight excluding hydrogens is 348 g/mol. The number of carboxylic acid groups (broad SMARTS) is 1. The van der Waals surface area contributed by atoms with Crippen LogP contribution >= 0.6 is 11.6 Å². The molecular formula is C21H17ClN2O2. The van der Waals surface area contributed by atoms with Gasteiger partial charge in [0.15, 0.2) is 0 Å². The summed E-state index contributed by atoms with van der Waals surface area (Å²) in [4.78, 5) is 11.6. The fourth-order valence-corrected chi connectivity index (χ4v) is 2.74. The Morgan fingerprint density at radius 2 is 1.65 bits per heavy atom. The number of aromatic carboxylic acids is 1. The van der Waals surface area contributed by atoms with Crippen LogP contribution in [-0.2, 0) is 0 Å². The fourth-order valence-electron chi connectivity index (χ4n) is 2.55. The number of nitrogens with one attached hydrogen (secondary N) is 1. The summed E-state index contributed by atoms with van der Waals surface area (Å²) in [5.41, 5.74) is 6.90. The highest BCUT2D eigenvalue weighted by Gasteiger charge is 2.16. The lowest BCUT2D eigenvalue weighted by molar-refractivity contribution is 0.0696. The summed E-state index contributed by atoms with van der Waals surface area (Å²) in [6.45, 7) is 2.00. The van der Waals surface area contributed by atoms with Gasteiger partial charge in [0.05, 0.1) is 17.0 Å². The van der Waals surface area contributed by atoms with Gasteiger partial charge in [0, 0.05) is 16.1 Å². The SMILES string of the molecule is Cc1ccc(C(=NNc2cccc(Cl)c2)c2ccccc2C(=O)O)cc1. The predicted octanol–water partition coefficient (Wildman–Crippen LogP) is 5.21. The molecule has 26 heavy (non-hydrogen) atoms. The van der Waals surface area contributed by atoms with Crippen LogP contribution in [0.25, 0.3) is 0 Å². The molecule has 0 aromatic heterocycles. The molecule has 4 nitrogen and oxygen atoms in total. The summed E-state index contributed by atoms with van der Waals surface area (Å²) in [6.07, 6.45) is 0. The minimum absolute atomic E-state index is 0.194. The van der Waals surface area contributed by atoms with Crippen LogP contribution in [-0.4, -0.2) is 16.8 Å². The topological polar surface area (TPSA) is 61.7 Å². The van der Waals surface area contributed by atoms with Gasteiger partial charge in [0.1, 0.15) is 0 Å². The second-order valence-electron chi connectivity index (χ2n) is 5.80. The molecule has 0 saturated heterocycles. The van der Waals surface area contributed by atoms with Crippen LogP contribution in [0.1, 0.15) is 27.0 Å². The third-order valence-electron chi connectivity index (χ3n) is 3.86. The molecule has 0 unspecified atom stereocenters. The number of carbonyl (C=O) groups is 1. The van der Waals surface area contributed by atoms with Crippen molar-refractivity contribution in [3.8, 4) is 0 Å². The van der Waals surface area contributed by atoms with Crippen molar-refractivity contribution in [3.63, 3.8) is 0 Å². The van der Waals surface area contributed by atoms with Crippen molar-refractivity contribution in [2.75, 3.05) is 5.43 Å². The Balaban J connectivity index is 2.09. The van der Waals surface area contributed by atoms with Gasteiger partial charge >= 0.3 is 5.97 Å². The molecule has 0 spiro atoms. The maximum atomic E-state index is 11.6. The van der Waals surface area contributed by atoms with Crippen molar-refractivity contribution < 1.29 is 9.90 Å². The van der Waals surface area contributed by atoms with E-state index in [9.17, 15) is 9.90 Å². The number of hydrogen-bond donors (Lipinski definition) is 2. The van der Waals surface area contributed by atoms with E-state index in [4.69, 9.17) is 11.6 Å². The van der Waals surface area contributed by atoms with E-state index in [2.05, 4.69) is 10.5 Å². The van der Waals surface area contributed by atoms with E-state index in [1.165, 1.54) is 0 Å². The van der Waals surface area contributed by atoms with Crippen LogP contribution in [0.2, 0.25) is 5.02 Å². The van der Waals surface area contributed by atoms with Crippen molar-refractivity contribution in [2.24, 2.45) is 5.10 Å². The lowest BCUT2D eigenvalue weighted by Gasteiger charge is -2.11. The average Bonchev–Trinajstić information content (AvgIpc) is 2.63. The number of nitrogens with zero attached hydrogens (tertiary/aromatic N) is 1. The zero-order chi connectivity index (χ0) is 18.5. The van der Waals surface area contributed by atoms with Crippen LogP contribution in [0.15, 0.2) is 77.9 Å². The highest BCUT2D eigenvalue weighted by atomic mass is 35.5. The van der Waals surface area contributed by atoms with Crippen molar-refractivity contribution in [3.05, 3.63) is 100 Å². The van der Waals surface area contributed by atoms with E-state index in [-0.39, 0.29) is 5.56 Å². The van der Waals surface area contributed by atoms with Gasteiger partial charge in [-0.05, 0) is 31.2 Å². The molecule has 3 aromatic rings. The first kappa shape index (κ1) is 17.7. The number of hydrogen-bond acceptors (Lipinski definition) is 3. The minimum atomic E-state index is -0.997. The molecule has 5 heteroatoms. The average molecular weight is 365 g/mol. The van der Waals surface area contributed by atoms with E-state index in [1.807, 2.05) is 43.3 Å². The summed E-state index contributed by atoms with van der Waals surface area (Å²) in [5, 5.41) is 14.6. The highest BCUT2D eigenvalue weighted by molar-refractivity contribution is 6.30. The van der Waals surface area contributed by atoms with Crippen molar-refractivity contribution in [1.29, 1.82) is 0 Å². The first-order valence-corrected chi connectivity index (χ1v) is 8.41. The zero-order valence-corrected chi connectivity index (χ0v) is 14.9. The molecule has 0 amide bonds. The van der Waals surface area contributed by atoms with Crippen LogP contribution < -0.4 is 5.43 Å². The van der Waals surface area contributed by atoms with E-state index in [0.29, 0.717) is 16.3 Å². The number of hydrazone groups is 1. The molecule has 130 valence electrons. The van der Waals surface area contributed by atoms with Crippen LogP contribution in [0, 0.1) is 6.92 Å². The molecule has 3 rings (SSSR count). The summed E-state index contributed by atoms with van der Waals surface area (Å²) in [6, 6.07) is 21.8. The van der Waals surface area contributed by atoms with Crippen molar-refractivity contribution in [1.82, 2.24) is 0 Å². The minimum Gasteiger partial charge on any atom is -0.478 e. The monoisotopic (exact) mass is 364 g/mol. The van der Waals surface area contributed by atoms with Gasteiger partial charge in [-0.1, -0.05) is 65.7 Å². The smallest absolute Gasteiger partial charge is 0.336 e. The Morgan fingerprint density at radius 1 is 0.962 bits per heavy atom. The third kappa shape index (κ3) is 4.10. The second-order valence-corrected chi connectivity index (χ2v) is 6.24. The van der Waals surface area contributed by atoms with Gasteiger partial charge in [0.2, 0.25) is 0 Å². The van der Waals surface area contributed by atoms with Crippen molar-refractivity contribution >= 4 is 29.0 Å². The van der Waals surface area contributed by atoms with E-state index in [1.54, 1.807) is 36.4 Å². The number of benzene rings is 3. The summed E-state index contributed by atoms with van der Waals surface area (Å²) in [7, 11) is 0. The van der Waals surface area contributed by atoms with Gasteiger partial charge in [-0.25, -0.2) is 4.79 Å². The molecule has 0 atom stereocenters. The Labute approximate surface area is 156 Å². The van der Waals surface area contributed by atoms with Crippen molar-refractivity contribution in [2.45, 2.75) is 6.92 Å². The first-order chi connectivity index (χ1) is 12.5. The molecule has 0 aliphatic heterocycles. The molecule has 2 N–H and O–H groups in total. The number of carboxylic acids is 1. The standard InChI is InChI=1S/C21H17ClN2O2/c1-14-9-11-15(12-10-14)20(18-7-2-3-8-19(18)21(25)26)24-23-17-6-4-5-16(22)13-17/h2-13,23H,1H3,(H,25,26). The lowest BCUT2D eigenvalue weighted by Crippen LogP contribution is -2.12. The van der Waals surface area contributed by atoms with Gasteiger partial charge in [0.25, 0.3) is 0 Å². The molecule has 3 aromatic carbocycles. The number of anilines is 1. The highest BCUT2D eigenvalue weighted by Crippen LogP contribution is 2.19. The van der Waals surface area contributed by atoms with Gasteiger partial charge in [-0.15, -0.1) is 0 Å². The first-order valence-electron chi connectivity index (χ1n) is 8.03. The molecule has 0 aliphatic carbocycles. The van der Waals surface area contributed by atoms with E-state index < -0.39 is 5.97 Å². The summed E-state index contributed by atoms with van der Waals surface area (Å²) in [5.74, 6) is -0.997. The number of halogens is 1. The Kier molecular flexibility index (Phi) is 5.34. The zero-order valence-electron chi connectivity index (χ0n) is 14.1. The second kappa shape index (κ2) is 7.85. The number of aryl methyl sites for hydroxylation is 1. The molecule has 0 fully saturated rings. The third-order valence-corrected chi connectivity index (χ3v) is 4.09. The summed E-state index contributed by atoms with van der Waals surface area (Å²) >= 11 is 6.01. The van der Waals surface area contributed by atoms with Gasteiger partial charge in [-0.3, -0.25) is 5.43 Å². The van der Waals surface area contributed by atoms with Crippen LogP contribution in [0.4, 0.5) is 5.69 Å². The van der Waals surface area contributed by atoms with E-state index in [0.717, 1.165) is 16.8 Å². The van der Waals surface area contributed by atoms with Gasteiger partial charge in [-0.2, -0.15) is 5.10 Å². The maximum Gasteiger partial charge on any atom is 0.336 e. The Bertz CT molecular complexity index is 966. The Morgan fingerprint density at radius 3 is 2.31 bits per heavy atom. The fraction of sp³-hybridized carbons (Fsp3) is 0.0476. The van der Waals surface area contributed by atoms with Crippen LogP contribution in [0.3, 0.4) is 0 Å². The maximum absolute atomic E-state index is 11.6. The predicted molar refractivity (Wildman–Crippen MR) is 105 cm³/mol. The largest absolute Gasteiger partial charge is 0.478 e. The molecule has 0 aliphatic rings. The number of rotatable bonds is 5.